The van der Waals surface area contributed by atoms with Crippen molar-refractivity contribution in [1.82, 2.24) is 4.98 Å². The van der Waals surface area contributed by atoms with Crippen molar-refractivity contribution in [1.29, 1.82) is 0 Å². The first kappa shape index (κ1) is 9.97. The number of aromatic nitrogens is 1. The Morgan fingerprint density at radius 3 is 2.92 bits per heavy atom. The predicted octanol–water partition coefficient (Wildman–Crippen LogP) is 3.37. The van der Waals surface area contributed by atoms with E-state index in [0.29, 0.717) is 0 Å². The fourth-order valence-corrected chi connectivity index (χ4v) is 1.23. The molecule has 0 saturated carbocycles. The minimum atomic E-state index is 1.09. The summed E-state index contributed by atoms with van der Waals surface area (Å²) in [6, 6.07) is 6.09. The zero-order valence-electron chi connectivity index (χ0n) is 8.24. The van der Waals surface area contributed by atoms with Crippen LogP contribution in [-0.2, 0) is 6.42 Å². The van der Waals surface area contributed by atoms with Crippen LogP contribution < -0.4 is 0 Å². The van der Waals surface area contributed by atoms with E-state index in [4.69, 9.17) is 0 Å². The Morgan fingerprint density at radius 2 is 2.23 bits per heavy atom. The number of hydrogen-bond donors (Lipinski definition) is 0. The SMILES string of the molecule is CCC=CCCCc1ccccn1. The van der Waals surface area contributed by atoms with Crippen LogP contribution in [0.2, 0.25) is 0 Å². The van der Waals surface area contributed by atoms with Gasteiger partial charge in [0.15, 0.2) is 0 Å². The smallest absolute Gasteiger partial charge is 0.0403 e. The molecular weight excluding hydrogens is 158 g/mol. The highest BCUT2D eigenvalue weighted by molar-refractivity contribution is 5.03. The van der Waals surface area contributed by atoms with E-state index in [1.165, 1.54) is 18.5 Å². The molecule has 1 aromatic heterocycles. The highest BCUT2D eigenvalue weighted by Gasteiger charge is 1.90. The summed E-state index contributed by atoms with van der Waals surface area (Å²) in [5, 5.41) is 0. The van der Waals surface area contributed by atoms with E-state index < -0.39 is 0 Å². The Balaban J connectivity index is 2.17. The van der Waals surface area contributed by atoms with Crippen molar-refractivity contribution in [3.05, 3.63) is 42.2 Å². The molecule has 13 heavy (non-hydrogen) atoms. The fourth-order valence-electron chi connectivity index (χ4n) is 1.23. The maximum absolute atomic E-state index is 4.27. The fraction of sp³-hybridized carbons (Fsp3) is 0.417. The van der Waals surface area contributed by atoms with Crippen LogP contribution in [0.1, 0.15) is 31.9 Å². The molecule has 70 valence electrons. The van der Waals surface area contributed by atoms with Gasteiger partial charge in [-0.25, -0.2) is 0 Å². The van der Waals surface area contributed by atoms with Crippen molar-refractivity contribution >= 4 is 0 Å². The summed E-state index contributed by atoms with van der Waals surface area (Å²) in [4.78, 5) is 4.27. The van der Waals surface area contributed by atoms with Crippen LogP contribution in [0.5, 0.6) is 0 Å². The predicted molar refractivity (Wildman–Crippen MR) is 56.6 cm³/mol. The van der Waals surface area contributed by atoms with Gasteiger partial charge in [-0.3, -0.25) is 4.98 Å². The molecule has 1 nitrogen and oxygen atoms in total. The minimum absolute atomic E-state index is 1.09. The van der Waals surface area contributed by atoms with E-state index in [-0.39, 0.29) is 0 Å². The first-order valence-corrected chi connectivity index (χ1v) is 4.98. The molecule has 0 aliphatic carbocycles. The number of pyridine rings is 1. The summed E-state index contributed by atoms with van der Waals surface area (Å²) < 4.78 is 0. The summed E-state index contributed by atoms with van der Waals surface area (Å²) in [7, 11) is 0. The first-order chi connectivity index (χ1) is 6.43. The second-order valence-corrected chi connectivity index (χ2v) is 3.09. The Morgan fingerprint density at radius 1 is 1.31 bits per heavy atom. The standard InChI is InChI=1S/C12H17N/c1-2-3-4-5-6-9-12-10-7-8-11-13-12/h3-4,7-8,10-11H,2,5-6,9H2,1H3. The van der Waals surface area contributed by atoms with Crippen molar-refractivity contribution in [3.8, 4) is 0 Å². The average molecular weight is 175 g/mol. The lowest BCUT2D eigenvalue weighted by Crippen LogP contribution is -1.87. The molecule has 0 aromatic carbocycles. The Kier molecular flexibility index (Phi) is 4.92. The van der Waals surface area contributed by atoms with Crippen molar-refractivity contribution in [3.63, 3.8) is 0 Å². The van der Waals surface area contributed by atoms with E-state index in [2.05, 4.69) is 30.1 Å². The van der Waals surface area contributed by atoms with Crippen molar-refractivity contribution < 1.29 is 0 Å². The van der Waals surface area contributed by atoms with Crippen LogP contribution in [-0.4, -0.2) is 4.98 Å². The lowest BCUT2D eigenvalue weighted by atomic mass is 10.1. The van der Waals surface area contributed by atoms with Crippen LogP contribution >= 0.6 is 0 Å². The molecule has 0 N–H and O–H groups in total. The number of rotatable bonds is 5. The average Bonchev–Trinajstić information content (AvgIpc) is 2.19. The lowest BCUT2D eigenvalue weighted by molar-refractivity contribution is 0.816. The Labute approximate surface area is 80.5 Å². The maximum atomic E-state index is 4.27. The van der Waals surface area contributed by atoms with Gasteiger partial charge in [0, 0.05) is 11.9 Å². The van der Waals surface area contributed by atoms with Crippen molar-refractivity contribution in [2.45, 2.75) is 32.6 Å². The third-order valence-electron chi connectivity index (χ3n) is 1.93. The summed E-state index contributed by atoms with van der Waals surface area (Å²) >= 11 is 0. The summed E-state index contributed by atoms with van der Waals surface area (Å²) in [6.07, 6.45) is 10.9. The monoisotopic (exact) mass is 175 g/mol. The molecule has 0 unspecified atom stereocenters. The highest BCUT2D eigenvalue weighted by atomic mass is 14.7. The van der Waals surface area contributed by atoms with Gasteiger partial charge in [-0.15, -0.1) is 0 Å². The molecular formula is C12H17N. The quantitative estimate of drug-likeness (QED) is 0.494. The lowest BCUT2D eigenvalue weighted by Gasteiger charge is -1.96. The molecule has 0 aliphatic heterocycles. The summed E-state index contributed by atoms with van der Waals surface area (Å²) in [5.41, 5.74) is 1.20. The third kappa shape index (κ3) is 4.46. The first-order valence-electron chi connectivity index (χ1n) is 4.98. The van der Waals surface area contributed by atoms with E-state index in [1.54, 1.807) is 0 Å². The molecule has 1 rings (SSSR count). The van der Waals surface area contributed by atoms with Gasteiger partial charge in [0.25, 0.3) is 0 Å². The molecule has 0 atom stereocenters. The summed E-state index contributed by atoms with van der Waals surface area (Å²) in [6.45, 7) is 2.16. The third-order valence-corrected chi connectivity index (χ3v) is 1.93. The molecule has 0 radical (unpaired) electrons. The van der Waals surface area contributed by atoms with Crippen LogP contribution in [0.3, 0.4) is 0 Å². The molecule has 0 saturated heterocycles. The number of allylic oxidation sites excluding steroid dienone is 2. The Hall–Kier alpha value is -1.11. The van der Waals surface area contributed by atoms with Crippen LogP contribution in [0.4, 0.5) is 0 Å². The van der Waals surface area contributed by atoms with Crippen molar-refractivity contribution in [2.24, 2.45) is 0 Å². The molecule has 1 heterocycles. The zero-order valence-corrected chi connectivity index (χ0v) is 8.24. The minimum Gasteiger partial charge on any atom is -0.261 e. The number of nitrogens with zero attached hydrogens (tertiary/aromatic N) is 1. The Bertz CT molecular complexity index is 239. The van der Waals surface area contributed by atoms with Crippen LogP contribution in [0.25, 0.3) is 0 Å². The molecule has 0 amide bonds. The van der Waals surface area contributed by atoms with E-state index >= 15 is 0 Å². The maximum Gasteiger partial charge on any atom is 0.0403 e. The van der Waals surface area contributed by atoms with E-state index in [0.717, 1.165) is 12.8 Å². The molecule has 1 heteroatoms. The number of aryl methyl sites for hydroxylation is 1. The van der Waals surface area contributed by atoms with Crippen molar-refractivity contribution in [2.75, 3.05) is 0 Å². The summed E-state index contributed by atoms with van der Waals surface area (Å²) in [5.74, 6) is 0. The molecule has 0 bridgehead atoms. The molecule has 0 aliphatic rings. The second-order valence-electron chi connectivity index (χ2n) is 3.09. The van der Waals surface area contributed by atoms with Gasteiger partial charge in [-0.2, -0.15) is 0 Å². The second kappa shape index (κ2) is 6.41. The van der Waals surface area contributed by atoms with Gasteiger partial charge in [0.05, 0.1) is 0 Å². The van der Waals surface area contributed by atoms with Gasteiger partial charge >= 0.3 is 0 Å². The molecule has 1 aromatic rings. The topological polar surface area (TPSA) is 12.9 Å². The number of unbranched alkanes of at least 4 members (excludes halogenated alkanes) is 1. The zero-order chi connectivity index (χ0) is 9.36. The molecule has 0 spiro atoms. The van der Waals surface area contributed by atoms with Gasteiger partial charge in [0.1, 0.15) is 0 Å². The van der Waals surface area contributed by atoms with Gasteiger partial charge in [-0.1, -0.05) is 25.1 Å². The van der Waals surface area contributed by atoms with Crippen LogP contribution in [0.15, 0.2) is 36.5 Å². The van der Waals surface area contributed by atoms with Gasteiger partial charge in [-0.05, 0) is 37.8 Å². The van der Waals surface area contributed by atoms with Crippen LogP contribution in [0, 0.1) is 0 Å². The van der Waals surface area contributed by atoms with Gasteiger partial charge < -0.3 is 0 Å². The largest absolute Gasteiger partial charge is 0.261 e. The normalized spacial score (nSPS) is 10.8. The number of hydrogen-bond acceptors (Lipinski definition) is 1. The van der Waals surface area contributed by atoms with Gasteiger partial charge in [0.2, 0.25) is 0 Å². The van der Waals surface area contributed by atoms with E-state index in [9.17, 15) is 0 Å². The molecule has 0 fully saturated rings. The van der Waals surface area contributed by atoms with E-state index in [1.807, 2.05) is 18.3 Å². The highest BCUT2D eigenvalue weighted by Crippen LogP contribution is 2.01.